The van der Waals surface area contributed by atoms with Crippen LogP contribution in [0.4, 0.5) is 0 Å². The number of rotatable bonds is 3. The third kappa shape index (κ3) is 5.39. The van der Waals surface area contributed by atoms with Crippen LogP contribution < -0.4 is 5.73 Å². The molecular weight excluding hydrogens is 363 g/mol. The Morgan fingerprint density at radius 1 is 1.20 bits per heavy atom. The Hall–Kier alpha value is -0.0400. The maximum Gasteiger partial charge on any atom is 0.191 e. The van der Waals surface area contributed by atoms with Gasteiger partial charge in [-0.2, -0.15) is 0 Å². The molecule has 2 heterocycles. The molecule has 20 heavy (non-hydrogen) atoms. The van der Waals surface area contributed by atoms with Gasteiger partial charge in [-0.1, -0.05) is 13.8 Å². The largest absolute Gasteiger partial charge is 0.370 e. The summed E-state index contributed by atoms with van der Waals surface area (Å²) >= 11 is 0. The van der Waals surface area contributed by atoms with E-state index in [9.17, 15) is 0 Å². The van der Waals surface area contributed by atoms with Crippen LogP contribution in [0.1, 0.15) is 39.5 Å². The molecule has 2 aliphatic rings. The second-order valence-electron chi connectivity index (χ2n) is 6.29. The standard InChI is InChI=1S/C15H30N4.HI/c1-3-18-8-5-7-14(12-18)10-17-15(16)19-9-4-6-13(2)11-19;/h13-14H,3-12H2,1-2H3,(H2,16,17);1H. The van der Waals surface area contributed by atoms with Gasteiger partial charge in [0.2, 0.25) is 0 Å². The summed E-state index contributed by atoms with van der Waals surface area (Å²) in [5, 5.41) is 0. The van der Waals surface area contributed by atoms with E-state index in [-0.39, 0.29) is 24.0 Å². The van der Waals surface area contributed by atoms with Crippen molar-refractivity contribution >= 4 is 29.9 Å². The lowest BCUT2D eigenvalue weighted by Crippen LogP contribution is -2.44. The van der Waals surface area contributed by atoms with Crippen molar-refractivity contribution in [3.8, 4) is 0 Å². The molecule has 118 valence electrons. The number of halogens is 1. The normalized spacial score (nSPS) is 29.1. The van der Waals surface area contributed by atoms with Crippen LogP contribution >= 0.6 is 24.0 Å². The van der Waals surface area contributed by atoms with E-state index in [1.165, 1.54) is 45.3 Å². The third-order valence-corrected chi connectivity index (χ3v) is 4.54. The monoisotopic (exact) mass is 394 g/mol. The summed E-state index contributed by atoms with van der Waals surface area (Å²) in [7, 11) is 0. The minimum absolute atomic E-state index is 0. The topological polar surface area (TPSA) is 44.9 Å². The zero-order chi connectivity index (χ0) is 13.7. The van der Waals surface area contributed by atoms with Crippen molar-refractivity contribution in [2.45, 2.75) is 39.5 Å². The van der Waals surface area contributed by atoms with E-state index >= 15 is 0 Å². The van der Waals surface area contributed by atoms with Gasteiger partial charge < -0.3 is 15.5 Å². The molecule has 0 aliphatic carbocycles. The minimum atomic E-state index is 0. The highest BCUT2D eigenvalue weighted by Gasteiger charge is 2.20. The van der Waals surface area contributed by atoms with Crippen molar-refractivity contribution in [2.24, 2.45) is 22.6 Å². The summed E-state index contributed by atoms with van der Waals surface area (Å²) < 4.78 is 0. The Kier molecular flexibility index (Phi) is 8.17. The van der Waals surface area contributed by atoms with E-state index in [1.807, 2.05) is 0 Å². The second-order valence-corrected chi connectivity index (χ2v) is 6.29. The zero-order valence-electron chi connectivity index (χ0n) is 13.1. The van der Waals surface area contributed by atoms with Crippen LogP contribution in [-0.4, -0.2) is 55.0 Å². The first-order chi connectivity index (χ1) is 9.19. The molecule has 0 aromatic rings. The predicted octanol–water partition coefficient (Wildman–Crippen LogP) is 2.38. The summed E-state index contributed by atoms with van der Waals surface area (Å²) in [6, 6.07) is 0. The molecule has 0 aromatic carbocycles. The van der Waals surface area contributed by atoms with Crippen LogP contribution in [0.3, 0.4) is 0 Å². The molecule has 0 amide bonds. The van der Waals surface area contributed by atoms with Crippen LogP contribution in [0.15, 0.2) is 4.99 Å². The molecule has 5 heteroatoms. The number of guanidine groups is 1. The summed E-state index contributed by atoms with van der Waals surface area (Å²) in [5.74, 6) is 2.24. The summed E-state index contributed by atoms with van der Waals surface area (Å²) in [6.45, 7) is 11.3. The maximum absolute atomic E-state index is 6.16. The van der Waals surface area contributed by atoms with Gasteiger partial charge in [0, 0.05) is 26.2 Å². The molecule has 0 bridgehead atoms. The molecule has 0 radical (unpaired) electrons. The molecule has 0 spiro atoms. The highest BCUT2D eigenvalue weighted by molar-refractivity contribution is 14.0. The van der Waals surface area contributed by atoms with Crippen LogP contribution in [0, 0.1) is 11.8 Å². The van der Waals surface area contributed by atoms with E-state index in [4.69, 9.17) is 5.73 Å². The average molecular weight is 394 g/mol. The fraction of sp³-hybridized carbons (Fsp3) is 0.933. The van der Waals surface area contributed by atoms with Crippen LogP contribution in [0.25, 0.3) is 0 Å². The van der Waals surface area contributed by atoms with Gasteiger partial charge in [-0.15, -0.1) is 24.0 Å². The Morgan fingerprint density at radius 3 is 2.65 bits per heavy atom. The molecule has 2 fully saturated rings. The van der Waals surface area contributed by atoms with E-state index in [1.54, 1.807) is 0 Å². The zero-order valence-corrected chi connectivity index (χ0v) is 15.4. The lowest BCUT2D eigenvalue weighted by atomic mass is 9.98. The van der Waals surface area contributed by atoms with Crippen molar-refractivity contribution < 1.29 is 0 Å². The number of likely N-dealkylation sites (tertiary alicyclic amines) is 2. The number of nitrogens with zero attached hydrogens (tertiary/aromatic N) is 3. The fourth-order valence-electron chi connectivity index (χ4n) is 3.31. The van der Waals surface area contributed by atoms with Crippen molar-refractivity contribution in [1.29, 1.82) is 0 Å². The second kappa shape index (κ2) is 9.07. The average Bonchev–Trinajstić information content (AvgIpc) is 2.45. The van der Waals surface area contributed by atoms with Gasteiger partial charge in [0.05, 0.1) is 0 Å². The molecule has 2 saturated heterocycles. The molecule has 2 N–H and O–H groups in total. The highest BCUT2D eigenvalue weighted by atomic mass is 127. The summed E-state index contributed by atoms with van der Waals surface area (Å²) in [6.07, 6.45) is 5.21. The predicted molar refractivity (Wildman–Crippen MR) is 96.7 cm³/mol. The van der Waals surface area contributed by atoms with E-state index in [2.05, 4.69) is 28.6 Å². The highest BCUT2D eigenvalue weighted by Crippen LogP contribution is 2.17. The summed E-state index contributed by atoms with van der Waals surface area (Å²) in [4.78, 5) is 9.47. The SMILES string of the molecule is CCN1CCCC(CN=C(N)N2CCCC(C)C2)C1.I. The van der Waals surface area contributed by atoms with Crippen molar-refractivity contribution in [3.05, 3.63) is 0 Å². The van der Waals surface area contributed by atoms with Gasteiger partial charge in [-0.25, -0.2) is 0 Å². The first kappa shape index (κ1) is 18.0. The van der Waals surface area contributed by atoms with E-state index in [0.717, 1.165) is 31.5 Å². The first-order valence-corrected chi connectivity index (χ1v) is 7.96. The van der Waals surface area contributed by atoms with Crippen LogP contribution in [0.2, 0.25) is 0 Å². The van der Waals surface area contributed by atoms with Gasteiger partial charge in [0.25, 0.3) is 0 Å². The van der Waals surface area contributed by atoms with Crippen LogP contribution in [0.5, 0.6) is 0 Å². The molecule has 4 nitrogen and oxygen atoms in total. The number of aliphatic imine (C=N–C) groups is 1. The molecular formula is C15H31IN4. The van der Waals surface area contributed by atoms with Gasteiger partial charge in [0.1, 0.15) is 0 Å². The molecule has 0 saturated carbocycles. The quantitative estimate of drug-likeness (QED) is 0.454. The summed E-state index contributed by atoms with van der Waals surface area (Å²) in [5.41, 5.74) is 6.16. The minimum Gasteiger partial charge on any atom is -0.370 e. The van der Waals surface area contributed by atoms with Crippen molar-refractivity contribution in [1.82, 2.24) is 9.80 Å². The van der Waals surface area contributed by atoms with Gasteiger partial charge in [-0.05, 0) is 50.6 Å². The first-order valence-electron chi connectivity index (χ1n) is 7.96. The Labute approximate surface area is 141 Å². The molecule has 2 aliphatic heterocycles. The third-order valence-electron chi connectivity index (χ3n) is 4.54. The Balaban J connectivity index is 0.00000200. The molecule has 2 atom stereocenters. The lowest BCUT2D eigenvalue weighted by Gasteiger charge is -2.33. The molecule has 2 rings (SSSR count). The fourth-order valence-corrected chi connectivity index (χ4v) is 3.31. The maximum atomic E-state index is 6.16. The van der Waals surface area contributed by atoms with Gasteiger partial charge in [0.15, 0.2) is 5.96 Å². The lowest BCUT2D eigenvalue weighted by molar-refractivity contribution is 0.186. The van der Waals surface area contributed by atoms with E-state index in [0.29, 0.717) is 5.92 Å². The van der Waals surface area contributed by atoms with Gasteiger partial charge >= 0.3 is 0 Å². The molecule has 0 aromatic heterocycles. The number of hydrogen-bond acceptors (Lipinski definition) is 2. The number of piperidine rings is 2. The number of hydrogen-bond donors (Lipinski definition) is 1. The van der Waals surface area contributed by atoms with Crippen molar-refractivity contribution in [2.75, 3.05) is 39.3 Å². The van der Waals surface area contributed by atoms with Gasteiger partial charge in [-0.3, -0.25) is 4.99 Å². The van der Waals surface area contributed by atoms with E-state index < -0.39 is 0 Å². The van der Waals surface area contributed by atoms with Crippen LogP contribution in [-0.2, 0) is 0 Å². The smallest absolute Gasteiger partial charge is 0.191 e. The van der Waals surface area contributed by atoms with Crippen molar-refractivity contribution in [3.63, 3.8) is 0 Å². The Morgan fingerprint density at radius 2 is 1.95 bits per heavy atom. The number of nitrogens with two attached hydrogens (primary N) is 1. The Bertz CT molecular complexity index is 308. The molecule has 2 unspecified atom stereocenters.